The van der Waals surface area contributed by atoms with Gasteiger partial charge in [0.1, 0.15) is 0 Å². The Balaban J connectivity index is 1.14. The van der Waals surface area contributed by atoms with Gasteiger partial charge >= 0.3 is 0 Å². The lowest BCUT2D eigenvalue weighted by atomic mass is 9.95. The standard InChI is InChI=1S/C24H30N6OS/c1-18-5-6-19(2)21(17-18)27-13-15-28(16-14-27)22(31)20-7-11-30(12-8-20)24-26-25-23(32-24)29-9-3-4-10-29/h3-6,9-10,17,20H,7-8,11-16H2,1-2H3. The number of anilines is 2. The van der Waals surface area contributed by atoms with Crippen LogP contribution in [0.1, 0.15) is 24.0 Å². The van der Waals surface area contributed by atoms with E-state index in [2.05, 4.69) is 56.9 Å². The summed E-state index contributed by atoms with van der Waals surface area (Å²) in [6, 6.07) is 10.6. The van der Waals surface area contributed by atoms with E-state index in [0.717, 1.165) is 62.4 Å². The van der Waals surface area contributed by atoms with Gasteiger partial charge in [-0.1, -0.05) is 23.5 Å². The lowest BCUT2D eigenvalue weighted by Crippen LogP contribution is -2.51. The molecule has 0 unspecified atom stereocenters. The van der Waals surface area contributed by atoms with Crippen LogP contribution in [-0.4, -0.2) is 64.8 Å². The number of rotatable bonds is 4. The Kier molecular flexibility index (Phi) is 5.87. The molecule has 8 heteroatoms. The molecule has 5 rings (SSSR count). The summed E-state index contributed by atoms with van der Waals surface area (Å²) in [6.07, 6.45) is 5.73. The molecule has 3 aromatic rings. The normalized spacial score (nSPS) is 17.8. The molecule has 0 bridgehead atoms. The summed E-state index contributed by atoms with van der Waals surface area (Å²) in [5, 5.41) is 10.5. The average Bonchev–Trinajstić information content (AvgIpc) is 3.53. The lowest BCUT2D eigenvalue weighted by molar-refractivity contribution is -0.136. The van der Waals surface area contributed by atoms with Crippen LogP contribution in [0.15, 0.2) is 42.7 Å². The fraction of sp³-hybridized carbons (Fsp3) is 0.458. The summed E-state index contributed by atoms with van der Waals surface area (Å²) in [7, 11) is 0. The maximum atomic E-state index is 13.2. The van der Waals surface area contributed by atoms with E-state index in [0.29, 0.717) is 5.91 Å². The summed E-state index contributed by atoms with van der Waals surface area (Å²) >= 11 is 1.60. The Morgan fingerprint density at radius 1 is 0.906 bits per heavy atom. The fourth-order valence-electron chi connectivity index (χ4n) is 4.71. The number of piperazine rings is 1. The van der Waals surface area contributed by atoms with Gasteiger partial charge < -0.3 is 14.7 Å². The second kappa shape index (κ2) is 8.94. The monoisotopic (exact) mass is 450 g/mol. The number of hydrogen-bond acceptors (Lipinski definition) is 6. The minimum absolute atomic E-state index is 0.121. The molecule has 1 aromatic carbocycles. The van der Waals surface area contributed by atoms with Crippen LogP contribution in [0.25, 0.3) is 5.13 Å². The molecular weight excluding hydrogens is 420 g/mol. The first-order valence-electron chi connectivity index (χ1n) is 11.4. The lowest BCUT2D eigenvalue weighted by Gasteiger charge is -2.39. The predicted molar refractivity (Wildman–Crippen MR) is 129 cm³/mol. The van der Waals surface area contributed by atoms with E-state index in [9.17, 15) is 4.79 Å². The second-order valence-electron chi connectivity index (χ2n) is 8.82. The molecule has 1 amide bonds. The first-order chi connectivity index (χ1) is 15.6. The molecule has 2 aliphatic heterocycles. The topological polar surface area (TPSA) is 57.5 Å². The zero-order chi connectivity index (χ0) is 22.1. The zero-order valence-corrected chi connectivity index (χ0v) is 19.6. The third-order valence-electron chi connectivity index (χ3n) is 6.64. The van der Waals surface area contributed by atoms with Crippen molar-refractivity contribution in [1.82, 2.24) is 19.7 Å². The van der Waals surface area contributed by atoms with Crippen molar-refractivity contribution in [3.05, 3.63) is 53.9 Å². The van der Waals surface area contributed by atoms with Crippen molar-refractivity contribution in [3.63, 3.8) is 0 Å². The predicted octanol–water partition coefficient (Wildman–Crippen LogP) is 3.51. The van der Waals surface area contributed by atoms with Crippen LogP contribution in [0.4, 0.5) is 10.8 Å². The van der Waals surface area contributed by atoms with Crippen molar-refractivity contribution in [1.29, 1.82) is 0 Å². The number of carbonyl (C=O) groups is 1. The van der Waals surface area contributed by atoms with Crippen molar-refractivity contribution >= 4 is 28.1 Å². The summed E-state index contributed by atoms with van der Waals surface area (Å²) in [6.45, 7) is 9.45. The van der Waals surface area contributed by atoms with Gasteiger partial charge in [0.2, 0.25) is 16.2 Å². The van der Waals surface area contributed by atoms with E-state index in [1.54, 1.807) is 11.3 Å². The number of benzene rings is 1. The van der Waals surface area contributed by atoms with E-state index < -0.39 is 0 Å². The van der Waals surface area contributed by atoms with Gasteiger partial charge in [-0.05, 0) is 56.0 Å². The maximum absolute atomic E-state index is 13.2. The average molecular weight is 451 g/mol. The van der Waals surface area contributed by atoms with Crippen LogP contribution < -0.4 is 9.80 Å². The van der Waals surface area contributed by atoms with Crippen LogP contribution in [0.5, 0.6) is 0 Å². The van der Waals surface area contributed by atoms with Crippen LogP contribution in [0, 0.1) is 19.8 Å². The van der Waals surface area contributed by atoms with Gasteiger partial charge in [0, 0.05) is 63.3 Å². The number of carbonyl (C=O) groups excluding carboxylic acids is 1. The first-order valence-corrected chi connectivity index (χ1v) is 12.2. The Morgan fingerprint density at radius 2 is 1.59 bits per heavy atom. The number of hydrogen-bond donors (Lipinski definition) is 0. The van der Waals surface area contributed by atoms with Crippen molar-refractivity contribution in [2.24, 2.45) is 5.92 Å². The summed E-state index contributed by atoms with van der Waals surface area (Å²) in [5.74, 6) is 0.450. The highest BCUT2D eigenvalue weighted by Crippen LogP contribution is 2.29. The number of aromatic nitrogens is 3. The number of aryl methyl sites for hydroxylation is 2. The Labute approximate surface area is 193 Å². The Morgan fingerprint density at radius 3 is 2.31 bits per heavy atom. The highest BCUT2D eigenvalue weighted by atomic mass is 32.1. The minimum atomic E-state index is 0.121. The largest absolute Gasteiger partial charge is 0.368 e. The van der Waals surface area contributed by atoms with Crippen molar-refractivity contribution in [2.45, 2.75) is 26.7 Å². The second-order valence-corrected chi connectivity index (χ2v) is 9.76. The van der Waals surface area contributed by atoms with Gasteiger partial charge in [-0.25, -0.2) is 0 Å². The van der Waals surface area contributed by atoms with Crippen LogP contribution >= 0.6 is 11.3 Å². The van der Waals surface area contributed by atoms with Crippen molar-refractivity contribution in [2.75, 3.05) is 49.1 Å². The third kappa shape index (κ3) is 4.24. The zero-order valence-electron chi connectivity index (χ0n) is 18.8. The molecule has 2 saturated heterocycles. The van der Waals surface area contributed by atoms with Crippen LogP contribution in [0.3, 0.4) is 0 Å². The molecule has 168 valence electrons. The molecule has 4 heterocycles. The molecule has 2 fully saturated rings. The molecular formula is C24H30N6OS. The molecule has 0 spiro atoms. The van der Waals surface area contributed by atoms with E-state index in [-0.39, 0.29) is 5.92 Å². The quantitative estimate of drug-likeness (QED) is 0.609. The molecule has 0 atom stereocenters. The van der Waals surface area contributed by atoms with Gasteiger partial charge in [-0.3, -0.25) is 9.36 Å². The summed E-state index contributed by atoms with van der Waals surface area (Å²) in [5.41, 5.74) is 3.90. The van der Waals surface area contributed by atoms with Gasteiger partial charge in [-0.15, -0.1) is 10.2 Å². The third-order valence-corrected chi connectivity index (χ3v) is 7.64. The Bertz CT molecular complexity index is 1060. The SMILES string of the molecule is Cc1ccc(C)c(N2CCN(C(=O)C3CCN(c4nnc(-n5cccc5)s4)CC3)CC2)c1. The van der Waals surface area contributed by atoms with E-state index >= 15 is 0 Å². The highest BCUT2D eigenvalue weighted by molar-refractivity contribution is 7.17. The van der Waals surface area contributed by atoms with Crippen LogP contribution in [-0.2, 0) is 4.79 Å². The number of nitrogens with zero attached hydrogens (tertiary/aromatic N) is 6. The highest BCUT2D eigenvalue weighted by Gasteiger charge is 2.31. The van der Waals surface area contributed by atoms with Crippen molar-refractivity contribution < 1.29 is 4.79 Å². The van der Waals surface area contributed by atoms with E-state index in [1.165, 1.54) is 16.8 Å². The van der Waals surface area contributed by atoms with E-state index in [1.807, 2.05) is 29.1 Å². The molecule has 2 aliphatic rings. The summed E-state index contributed by atoms with van der Waals surface area (Å²) < 4.78 is 1.98. The van der Waals surface area contributed by atoms with Gasteiger partial charge in [0.05, 0.1) is 0 Å². The van der Waals surface area contributed by atoms with E-state index in [4.69, 9.17) is 0 Å². The minimum Gasteiger partial charge on any atom is -0.368 e. The smallest absolute Gasteiger partial charge is 0.225 e. The maximum Gasteiger partial charge on any atom is 0.225 e. The molecule has 0 aliphatic carbocycles. The molecule has 0 saturated carbocycles. The molecule has 7 nitrogen and oxygen atoms in total. The first kappa shape index (κ1) is 21.0. The molecule has 32 heavy (non-hydrogen) atoms. The van der Waals surface area contributed by atoms with Crippen LogP contribution in [0.2, 0.25) is 0 Å². The number of piperidine rings is 1. The molecule has 0 N–H and O–H groups in total. The Hall–Kier alpha value is -2.87. The fourth-order valence-corrected chi connectivity index (χ4v) is 5.57. The number of amides is 1. The van der Waals surface area contributed by atoms with Gasteiger partial charge in [0.25, 0.3) is 0 Å². The van der Waals surface area contributed by atoms with Crippen molar-refractivity contribution in [3.8, 4) is 5.13 Å². The van der Waals surface area contributed by atoms with Gasteiger partial charge in [0.15, 0.2) is 0 Å². The summed E-state index contributed by atoms with van der Waals surface area (Å²) in [4.78, 5) is 20.0. The van der Waals surface area contributed by atoms with Gasteiger partial charge in [-0.2, -0.15) is 0 Å². The molecule has 2 aromatic heterocycles. The molecule has 0 radical (unpaired) electrons.